The van der Waals surface area contributed by atoms with Crippen molar-refractivity contribution in [2.75, 3.05) is 6.61 Å². The van der Waals surface area contributed by atoms with Crippen LogP contribution in [0.15, 0.2) is 24.3 Å². The van der Waals surface area contributed by atoms with Crippen LogP contribution in [0.25, 0.3) is 0 Å². The van der Waals surface area contributed by atoms with Crippen molar-refractivity contribution in [2.45, 2.75) is 25.7 Å². The second kappa shape index (κ2) is 7.03. The predicted molar refractivity (Wildman–Crippen MR) is 81.0 cm³/mol. The number of rotatable bonds is 4. The van der Waals surface area contributed by atoms with Crippen LogP contribution in [0, 0.1) is 15.4 Å². The SMILES string of the molecule is O=CC1CCC(COC(=O)c2ccc(I)cc2)CC1. The molecular formula is C15H17IO3. The highest BCUT2D eigenvalue weighted by Crippen LogP contribution is 2.27. The van der Waals surface area contributed by atoms with Gasteiger partial charge in [-0.3, -0.25) is 0 Å². The summed E-state index contributed by atoms with van der Waals surface area (Å²) in [6, 6.07) is 7.36. The fourth-order valence-corrected chi connectivity index (χ4v) is 2.71. The number of carbonyl (C=O) groups excluding carboxylic acids is 2. The van der Waals surface area contributed by atoms with Crippen molar-refractivity contribution in [1.82, 2.24) is 0 Å². The molecule has 19 heavy (non-hydrogen) atoms. The number of esters is 1. The van der Waals surface area contributed by atoms with Gasteiger partial charge in [0, 0.05) is 9.49 Å². The van der Waals surface area contributed by atoms with Gasteiger partial charge in [0.25, 0.3) is 0 Å². The summed E-state index contributed by atoms with van der Waals surface area (Å²) in [6.07, 6.45) is 4.85. The Morgan fingerprint density at radius 1 is 1.21 bits per heavy atom. The number of halogens is 1. The lowest BCUT2D eigenvalue weighted by atomic mass is 9.83. The van der Waals surface area contributed by atoms with E-state index in [1.807, 2.05) is 12.1 Å². The molecule has 0 aliphatic heterocycles. The summed E-state index contributed by atoms with van der Waals surface area (Å²) in [5, 5.41) is 0. The van der Waals surface area contributed by atoms with Crippen molar-refractivity contribution in [3.63, 3.8) is 0 Å². The first kappa shape index (κ1) is 14.5. The van der Waals surface area contributed by atoms with E-state index in [0.29, 0.717) is 18.1 Å². The van der Waals surface area contributed by atoms with Gasteiger partial charge in [0.2, 0.25) is 0 Å². The van der Waals surface area contributed by atoms with Crippen LogP contribution in [0.3, 0.4) is 0 Å². The predicted octanol–water partition coefficient (Wildman–Crippen LogP) is 3.45. The minimum Gasteiger partial charge on any atom is -0.462 e. The van der Waals surface area contributed by atoms with Crippen LogP contribution in [0.1, 0.15) is 36.0 Å². The van der Waals surface area contributed by atoms with E-state index in [4.69, 9.17) is 4.74 Å². The number of benzene rings is 1. The number of hydrogen-bond donors (Lipinski definition) is 0. The van der Waals surface area contributed by atoms with Gasteiger partial charge >= 0.3 is 5.97 Å². The van der Waals surface area contributed by atoms with Crippen molar-refractivity contribution >= 4 is 34.8 Å². The molecule has 0 bridgehead atoms. The zero-order chi connectivity index (χ0) is 13.7. The van der Waals surface area contributed by atoms with E-state index in [-0.39, 0.29) is 11.9 Å². The van der Waals surface area contributed by atoms with Crippen LogP contribution in [0.4, 0.5) is 0 Å². The van der Waals surface area contributed by atoms with Gasteiger partial charge in [-0.15, -0.1) is 0 Å². The largest absolute Gasteiger partial charge is 0.462 e. The molecule has 2 rings (SSSR count). The smallest absolute Gasteiger partial charge is 0.338 e. The molecule has 0 spiro atoms. The molecule has 1 fully saturated rings. The van der Waals surface area contributed by atoms with Crippen LogP contribution in [-0.2, 0) is 9.53 Å². The van der Waals surface area contributed by atoms with Gasteiger partial charge in [-0.1, -0.05) is 0 Å². The Morgan fingerprint density at radius 3 is 2.42 bits per heavy atom. The quantitative estimate of drug-likeness (QED) is 0.462. The van der Waals surface area contributed by atoms with Crippen molar-refractivity contribution in [3.05, 3.63) is 33.4 Å². The van der Waals surface area contributed by atoms with E-state index in [9.17, 15) is 9.59 Å². The molecule has 0 atom stereocenters. The third-order valence-electron chi connectivity index (χ3n) is 3.61. The van der Waals surface area contributed by atoms with Gasteiger partial charge in [-0.05, 0) is 78.5 Å². The van der Waals surface area contributed by atoms with Crippen molar-refractivity contribution in [1.29, 1.82) is 0 Å². The molecule has 1 aliphatic carbocycles. The highest BCUT2D eigenvalue weighted by atomic mass is 127. The van der Waals surface area contributed by atoms with Gasteiger partial charge in [0.1, 0.15) is 6.29 Å². The fraction of sp³-hybridized carbons (Fsp3) is 0.467. The Labute approximate surface area is 126 Å². The second-order valence-electron chi connectivity index (χ2n) is 5.02. The van der Waals surface area contributed by atoms with Gasteiger partial charge in [-0.2, -0.15) is 0 Å². The Kier molecular flexibility index (Phi) is 5.36. The summed E-state index contributed by atoms with van der Waals surface area (Å²) in [4.78, 5) is 22.5. The molecule has 4 heteroatoms. The normalized spacial score (nSPS) is 22.8. The molecule has 0 unspecified atom stereocenters. The first-order valence-electron chi connectivity index (χ1n) is 6.57. The van der Waals surface area contributed by atoms with Gasteiger partial charge in [-0.25, -0.2) is 4.79 Å². The maximum Gasteiger partial charge on any atom is 0.338 e. The van der Waals surface area contributed by atoms with Crippen LogP contribution in [0.2, 0.25) is 0 Å². The Morgan fingerprint density at radius 2 is 1.84 bits per heavy atom. The number of hydrogen-bond acceptors (Lipinski definition) is 3. The highest BCUT2D eigenvalue weighted by molar-refractivity contribution is 14.1. The maximum absolute atomic E-state index is 11.8. The van der Waals surface area contributed by atoms with E-state index in [2.05, 4.69) is 22.6 Å². The molecule has 1 aliphatic rings. The van der Waals surface area contributed by atoms with E-state index in [1.165, 1.54) is 0 Å². The first-order chi connectivity index (χ1) is 9.19. The number of ether oxygens (including phenoxy) is 1. The second-order valence-corrected chi connectivity index (χ2v) is 6.27. The molecule has 102 valence electrons. The van der Waals surface area contributed by atoms with E-state index in [1.54, 1.807) is 12.1 Å². The Bertz CT molecular complexity index is 433. The van der Waals surface area contributed by atoms with E-state index in [0.717, 1.165) is 35.5 Å². The molecule has 1 aromatic carbocycles. The number of carbonyl (C=O) groups is 2. The zero-order valence-corrected chi connectivity index (χ0v) is 12.8. The van der Waals surface area contributed by atoms with Gasteiger partial charge < -0.3 is 9.53 Å². The van der Waals surface area contributed by atoms with E-state index >= 15 is 0 Å². The molecule has 0 heterocycles. The summed E-state index contributed by atoms with van der Waals surface area (Å²) in [7, 11) is 0. The lowest BCUT2D eigenvalue weighted by molar-refractivity contribution is -0.112. The van der Waals surface area contributed by atoms with Gasteiger partial charge in [0.15, 0.2) is 0 Å². The standard InChI is InChI=1S/C15H17IO3/c16-14-7-5-13(6-8-14)15(18)19-10-12-3-1-11(9-17)2-4-12/h5-9,11-12H,1-4,10H2. The van der Waals surface area contributed by atoms with Gasteiger partial charge in [0.05, 0.1) is 12.2 Å². The Balaban J connectivity index is 1.78. The fourth-order valence-electron chi connectivity index (χ4n) is 2.35. The highest BCUT2D eigenvalue weighted by Gasteiger charge is 2.22. The molecule has 3 nitrogen and oxygen atoms in total. The summed E-state index contributed by atoms with van der Waals surface area (Å²) >= 11 is 2.20. The number of aldehydes is 1. The third kappa shape index (κ3) is 4.30. The average molecular weight is 372 g/mol. The van der Waals surface area contributed by atoms with Crippen LogP contribution in [0.5, 0.6) is 0 Å². The molecule has 0 amide bonds. The third-order valence-corrected chi connectivity index (χ3v) is 4.33. The van der Waals surface area contributed by atoms with Crippen molar-refractivity contribution < 1.29 is 14.3 Å². The lowest BCUT2D eigenvalue weighted by Crippen LogP contribution is -2.21. The molecular weight excluding hydrogens is 355 g/mol. The summed E-state index contributed by atoms with van der Waals surface area (Å²) in [6.45, 7) is 0.469. The van der Waals surface area contributed by atoms with Crippen molar-refractivity contribution in [2.24, 2.45) is 11.8 Å². The minimum atomic E-state index is -0.256. The summed E-state index contributed by atoms with van der Waals surface area (Å²) in [5.41, 5.74) is 0.599. The molecule has 0 saturated heterocycles. The van der Waals surface area contributed by atoms with Crippen LogP contribution < -0.4 is 0 Å². The monoisotopic (exact) mass is 372 g/mol. The topological polar surface area (TPSA) is 43.4 Å². The molecule has 0 radical (unpaired) electrons. The van der Waals surface area contributed by atoms with Crippen molar-refractivity contribution in [3.8, 4) is 0 Å². The summed E-state index contributed by atoms with van der Waals surface area (Å²) < 4.78 is 6.45. The zero-order valence-electron chi connectivity index (χ0n) is 10.7. The maximum atomic E-state index is 11.8. The molecule has 1 saturated carbocycles. The van der Waals surface area contributed by atoms with Crippen LogP contribution >= 0.6 is 22.6 Å². The lowest BCUT2D eigenvalue weighted by Gasteiger charge is -2.24. The molecule has 0 aromatic heterocycles. The van der Waals surface area contributed by atoms with E-state index < -0.39 is 0 Å². The molecule has 0 N–H and O–H groups in total. The molecule has 1 aromatic rings. The first-order valence-corrected chi connectivity index (χ1v) is 7.65. The van der Waals surface area contributed by atoms with Crippen LogP contribution in [-0.4, -0.2) is 18.9 Å². The minimum absolute atomic E-state index is 0.211. The average Bonchev–Trinajstić information content (AvgIpc) is 2.46. The Hall–Kier alpha value is -0.910. The summed E-state index contributed by atoms with van der Waals surface area (Å²) in [5.74, 6) is 0.362.